The quantitative estimate of drug-likeness (QED) is 0.318. The zero-order chi connectivity index (χ0) is 21.6. The molecule has 0 radical (unpaired) electrons. The third-order valence-electron chi connectivity index (χ3n) is 5.37. The molecule has 0 unspecified atom stereocenters. The van der Waals surface area contributed by atoms with E-state index in [-0.39, 0.29) is 24.7 Å². The highest BCUT2D eigenvalue weighted by Gasteiger charge is 2.22. The van der Waals surface area contributed by atoms with E-state index in [2.05, 4.69) is 29.3 Å². The fraction of sp³-hybridized carbons (Fsp3) is 0.192. The minimum absolute atomic E-state index is 0.135. The van der Waals surface area contributed by atoms with Gasteiger partial charge in [-0.3, -0.25) is 14.6 Å². The van der Waals surface area contributed by atoms with Gasteiger partial charge >= 0.3 is 0 Å². The number of ketones is 1. The molecule has 4 rings (SSSR count). The SMILES string of the molecule is CN=C(C(=O)C=O)c1ccccc1COc1ccc(OC2Cc3ccccc3C2)cc1. The zero-order valence-electron chi connectivity index (χ0n) is 17.3. The summed E-state index contributed by atoms with van der Waals surface area (Å²) in [5.41, 5.74) is 4.23. The van der Waals surface area contributed by atoms with Crippen molar-refractivity contribution < 1.29 is 19.1 Å². The molecule has 5 heteroatoms. The second kappa shape index (κ2) is 9.39. The number of carbonyl (C=O) groups is 2. The van der Waals surface area contributed by atoms with E-state index >= 15 is 0 Å². The van der Waals surface area contributed by atoms with Crippen molar-refractivity contribution in [2.24, 2.45) is 4.99 Å². The minimum atomic E-state index is -0.648. The second-order valence-corrected chi connectivity index (χ2v) is 7.39. The van der Waals surface area contributed by atoms with Crippen LogP contribution in [0, 0.1) is 0 Å². The Balaban J connectivity index is 1.39. The lowest BCUT2D eigenvalue weighted by Gasteiger charge is -2.14. The van der Waals surface area contributed by atoms with Gasteiger partial charge in [-0.15, -0.1) is 0 Å². The Labute approximate surface area is 181 Å². The summed E-state index contributed by atoms with van der Waals surface area (Å²) in [6.45, 7) is 0.249. The van der Waals surface area contributed by atoms with E-state index in [0.717, 1.165) is 24.2 Å². The van der Waals surface area contributed by atoms with Crippen molar-refractivity contribution in [1.82, 2.24) is 0 Å². The van der Waals surface area contributed by atoms with Crippen LogP contribution in [-0.2, 0) is 29.0 Å². The molecular formula is C26H23NO4. The summed E-state index contributed by atoms with van der Waals surface area (Å²) in [5.74, 6) is 0.849. The highest BCUT2D eigenvalue weighted by atomic mass is 16.5. The smallest absolute Gasteiger partial charge is 0.243 e. The van der Waals surface area contributed by atoms with Gasteiger partial charge in [-0.25, -0.2) is 0 Å². The molecule has 1 aliphatic rings. The van der Waals surface area contributed by atoms with Gasteiger partial charge in [-0.2, -0.15) is 0 Å². The van der Waals surface area contributed by atoms with E-state index in [1.807, 2.05) is 36.4 Å². The first kappa shape index (κ1) is 20.5. The Morgan fingerprint density at radius 2 is 1.55 bits per heavy atom. The summed E-state index contributed by atoms with van der Waals surface area (Å²) in [7, 11) is 1.50. The van der Waals surface area contributed by atoms with Crippen LogP contribution < -0.4 is 9.47 Å². The number of aliphatic imine (C=N–C) groups is 1. The molecule has 3 aromatic rings. The topological polar surface area (TPSA) is 65.0 Å². The second-order valence-electron chi connectivity index (χ2n) is 7.39. The van der Waals surface area contributed by atoms with Crippen LogP contribution in [0.4, 0.5) is 0 Å². The normalized spacial score (nSPS) is 13.5. The van der Waals surface area contributed by atoms with E-state index in [9.17, 15) is 9.59 Å². The highest BCUT2D eigenvalue weighted by Crippen LogP contribution is 2.27. The Morgan fingerprint density at radius 3 is 2.19 bits per heavy atom. The van der Waals surface area contributed by atoms with Crippen LogP contribution in [0.2, 0.25) is 0 Å². The monoisotopic (exact) mass is 413 g/mol. The number of nitrogens with zero attached hydrogens (tertiary/aromatic N) is 1. The Hall–Kier alpha value is -3.73. The molecule has 0 aromatic heterocycles. The van der Waals surface area contributed by atoms with E-state index in [1.54, 1.807) is 12.1 Å². The molecule has 0 fully saturated rings. The number of rotatable bonds is 8. The van der Waals surface area contributed by atoms with Crippen molar-refractivity contribution in [2.75, 3.05) is 7.05 Å². The van der Waals surface area contributed by atoms with Crippen molar-refractivity contribution in [3.8, 4) is 11.5 Å². The van der Waals surface area contributed by atoms with Crippen molar-refractivity contribution in [3.05, 3.63) is 95.1 Å². The van der Waals surface area contributed by atoms with Crippen molar-refractivity contribution >= 4 is 17.8 Å². The van der Waals surface area contributed by atoms with Gasteiger partial charge in [0, 0.05) is 25.5 Å². The van der Waals surface area contributed by atoms with Crippen LogP contribution in [0.1, 0.15) is 22.3 Å². The fourth-order valence-corrected chi connectivity index (χ4v) is 3.87. The number of aldehydes is 1. The number of ether oxygens (including phenoxy) is 2. The number of hydrogen-bond donors (Lipinski definition) is 0. The van der Waals surface area contributed by atoms with Crippen molar-refractivity contribution in [3.63, 3.8) is 0 Å². The molecule has 5 nitrogen and oxygen atoms in total. The average molecular weight is 413 g/mol. The lowest BCUT2D eigenvalue weighted by atomic mass is 10.0. The molecule has 0 atom stereocenters. The zero-order valence-corrected chi connectivity index (χ0v) is 17.3. The molecule has 0 heterocycles. The number of fused-ring (bicyclic) bond motifs is 1. The van der Waals surface area contributed by atoms with Crippen molar-refractivity contribution in [2.45, 2.75) is 25.6 Å². The first-order chi connectivity index (χ1) is 15.2. The van der Waals surface area contributed by atoms with Gasteiger partial charge in [0.25, 0.3) is 0 Å². The lowest BCUT2D eigenvalue weighted by molar-refractivity contribution is -0.125. The minimum Gasteiger partial charge on any atom is -0.490 e. The predicted octanol–water partition coefficient (Wildman–Crippen LogP) is 4.00. The Morgan fingerprint density at radius 1 is 0.935 bits per heavy atom. The van der Waals surface area contributed by atoms with Crippen LogP contribution in [-0.4, -0.2) is 30.9 Å². The summed E-state index contributed by atoms with van der Waals surface area (Å²) < 4.78 is 12.0. The van der Waals surface area contributed by atoms with E-state index < -0.39 is 5.78 Å². The van der Waals surface area contributed by atoms with Gasteiger partial charge in [-0.1, -0.05) is 48.5 Å². The van der Waals surface area contributed by atoms with Gasteiger partial charge in [0.15, 0.2) is 6.29 Å². The Kier molecular flexibility index (Phi) is 6.22. The first-order valence-corrected chi connectivity index (χ1v) is 10.2. The first-order valence-electron chi connectivity index (χ1n) is 10.2. The molecule has 0 amide bonds. The standard InChI is InChI=1S/C26H23NO4/c1-27-26(25(29)16-28)24-9-5-4-8-20(24)17-30-21-10-12-22(13-11-21)31-23-14-18-6-2-3-7-19(18)15-23/h2-13,16,23H,14-15,17H2,1H3. The number of benzene rings is 3. The van der Waals surface area contributed by atoms with Gasteiger partial charge in [-0.05, 0) is 41.0 Å². The third kappa shape index (κ3) is 4.72. The van der Waals surface area contributed by atoms with Gasteiger partial charge < -0.3 is 9.47 Å². The van der Waals surface area contributed by atoms with E-state index in [1.165, 1.54) is 18.2 Å². The summed E-state index contributed by atoms with van der Waals surface area (Å²) in [6.07, 6.45) is 2.28. The summed E-state index contributed by atoms with van der Waals surface area (Å²) in [4.78, 5) is 26.8. The van der Waals surface area contributed by atoms with Crippen molar-refractivity contribution in [1.29, 1.82) is 0 Å². The molecule has 0 aliphatic heterocycles. The number of Topliss-reactive ketones (excluding diaryl/α,β-unsaturated/α-hetero) is 1. The van der Waals surface area contributed by atoms with Crippen LogP contribution in [0.3, 0.4) is 0 Å². The van der Waals surface area contributed by atoms with E-state index in [4.69, 9.17) is 9.47 Å². The molecule has 0 saturated carbocycles. The Bertz CT molecular complexity index is 1090. The summed E-state index contributed by atoms with van der Waals surface area (Å²) in [5, 5.41) is 0. The molecule has 3 aromatic carbocycles. The average Bonchev–Trinajstić information content (AvgIpc) is 3.22. The molecule has 0 bridgehead atoms. The maximum Gasteiger partial charge on any atom is 0.243 e. The summed E-state index contributed by atoms with van der Waals surface area (Å²) >= 11 is 0. The molecule has 0 spiro atoms. The van der Waals surface area contributed by atoms with Gasteiger partial charge in [0.2, 0.25) is 5.78 Å². The molecule has 1 aliphatic carbocycles. The molecule has 156 valence electrons. The maximum atomic E-state index is 11.9. The highest BCUT2D eigenvalue weighted by molar-refractivity contribution is 6.63. The van der Waals surface area contributed by atoms with Crippen LogP contribution in [0.15, 0.2) is 77.8 Å². The third-order valence-corrected chi connectivity index (χ3v) is 5.37. The molecule has 0 saturated heterocycles. The maximum absolute atomic E-state index is 11.9. The number of hydrogen-bond acceptors (Lipinski definition) is 5. The van der Waals surface area contributed by atoms with Gasteiger partial charge in [0.1, 0.15) is 29.9 Å². The molecule has 31 heavy (non-hydrogen) atoms. The molecule has 0 N–H and O–H groups in total. The summed E-state index contributed by atoms with van der Waals surface area (Å²) in [6, 6.07) is 23.3. The number of carbonyl (C=O) groups excluding carboxylic acids is 2. The van der Waals surface area contributed by atoms with Gasteiger partial charge in [0.05, 0.1) is 0 Å². The lowest BCUT2D eigenvalue weighted by Crippen LogP contribution is -2.19. The largest absolute Gasteiger partial charge is 0.490 e. The predicted molar refractivity (Wildman–Crippen MR) is 119 cm³/mol. The molecular weight excluding hydrogens is 390 g/mol. The van der Waals surface area contributed by atoms with Crippen LogP contribution >= 0.6 is 0 Å². The van der Waals surface area contributed by atoms with E-state index in [0.29, 0.717) is 11.3 Å². The van der Waals surface area contributed by atoms with Crippen LogP contribution in [0.25, 0.3) is 0 Å². The fourth-order valence-electron chi connectivity index (χ4n) is 3.87. The van der Waals surface area contributed by atoms with Crippen LogP contribution in [0.5, 0.6) is 11.5 Å².